The van der Waals surface area contributed by atoms with Crippen LogP contribution in [-0.2, 0) is 14.0 Å². The lowest BCUT2D eigenvalue weighted by Crippen LogP contribution is -2.48. The molecule has 1 amide bonds. The van der Waals surface area contributed by atoms with Gasteiger partial charge in [-0.05, 0) is 17.7 Å². The Labute approximate surface area is 116 Å². The molecule has 0 aliphatic carbocycles. The van der Waals surface area contributed by atoms with Crippen molar-refractivity contribution in [2.75, 3.05) is 0 Å². The Hall–Kier alpha value is -0.300. The molecule has 2 rings (SSSR count). The maximum Gasteiger partial charge on any atom is 0.324 e. The lowest BCUT2D eigenvalue weighted by atomic mass is 9.97. The van der Waals surface area contributed by atoms with Crippen molar-refractivity contribution < 1.29 is 13.2 Å². The second-order valence-corrected chi connectivity index (χ2v) is 7.23. The summed E-state index contributed by atoms with van der Waals surface area (Å²) in [5.41, 5.74) is 0.568. The minimum Gasteiger partial charge on any atom is -0.274 e. The Balaban J connectivity index is 2.39. The molecule has 0 spiro atoms. The maximum absolute atomic E-state index is 11.2. The fourth-order valence-electron chi connectivity index (χ4n) is 1.68. The number of hydrogen-bond acceptors (Lipinski definition) is 3. The van der Waals surface area contributed by atoms with Crippen molar-refractivity contribution in [3.8, 4) is 0 Å². The van der Waals surface area contributed by atoms with Gasteiger partial charge in [-0.1, -0.05) is 33.6 Å². The van der Waals surface area contributed by atoms with E-state index in [9.17, 15) is 13.2 Å². The zero-order chi connectivity index (χ0) is 12.8. The molecule has 0 N–H and O–H groups in total. The first-order valence-electron chi connectivity index (χ1n) is 4.52. The van der Waals surface area contributed by atoms with E-state index < -0.39 is 21.2 Å². The number of carbonyl (C=O) groups excluding carboxylic acids is 1. The van der Waals surface area contributed by atoms with Gasteiger partial charge in [-0.25, -0.2) is 4.31 Å². The van der Waals surface area contributed by atoms with Crippen LogP contribution in [0.4, 0.5) is 0 Å². The number of benzene rings is 1. The first kappa shape index (κ1) is 13.1. The number of halogens is 3. The van der Waals surface area contributed by atoms with E-state index >= 15 is 0 Å². The molecule has 1 aliphatic heterocycles. The molecule has 1 aromatic rings. The normalized spacial score (nSPS) is 20.3. The van der Waals surface area contributed by atoms with Crippen LogP contribution < -0.4 is 0 Å². The van der Waals surface area contributed by atoms with Crippen molar-refractivity contribution in [2.45, 2.75) is 12.5 Å². The van der Waals surface area contributed by atoms with E-state index in [1.807, 2.05) is 0 Å². The van der Waals surface area contributed by atoms with Gasteiger partial charge in [-0.3, -0.25) is 4.79 Å². The van der Waals surface area contributed by atoms with E-state index in [1.165, 1.54) is 0 Å². The summed E-state index contributed by atoms with van der Waals surface area (Å²) in [5.74, 6) is -0.524. The predicted octanol–water partition coefficient (Wildman–Crippen LogP) is 2.86. The number of β-lactam (4-membered cyclic amide) rings is 1. The number of amides is 1. The summed E-state index contributed by atoms with van der Waals surface area (Å²) in [5, 5.41) is 0.391. The van der Waals surface area contributed by atoms with Crippen molar-refractivity contribution in [3.05, 3.63) is 33.3 Å². The molecule has 0 radical (unpaired) electrons. The van der Waals surface area contributed by atoms with Gasteiger partial charge in [0.15, 0.2) is 0 Å². The highest BCUT2D eigenvalue weighted by molar-refractivity contribution is 9.10. The van der Waals surface area contributed by atoms with Crippen molar-refractivity contribution in [1.29, 1.82) is 0 Å². The Morgan fingerprint density at radius 2 is 2.06 bits per heavy atom. The predicted molar refractivity (Wildman–Crippen MR) is 68.1 cm³/mol. The van der Waals surface area contributed by atoms with Crippen LogP contribution in [0.15, 0.2) is 22.7 Å². The topological polar surface area (TPSA) is 54.5 Å². The van der Waals surface area contributed by atoms with Crippen molar-refractivity contribution >= 4 is 53.4 Å². The van der Waals surface area contributed by atoms with Crippen LogP contribution >= 0.6 is 38.2 Å². The van der Waals surface area contributed by atoms with E-state index in [-0.39, 0.29) is 6.42 Å². The van der Waals surface area contributed by atoms with Crippen molar-refractivity contribution in [1.82, 2.24) is 4.31 Å². The molecule has 92 valence electrons. The number of hydrogen-bond donors (Lipinski definition) is 0. The molecular formula is C9H6BrCl2NO3S. The molecule has 0 saturated carbocycles. The first-order chi connectivity index (χ1) is 7.80. The molecule has 1 atom stereocenters. The second-order valence-electron chi connectivity index (χ2n) is 3.52. The van der Waals surface area contributed by atoms with Gasteiger partial charge in [-0.2, -0.15) is 8.42 Å². The van der Waals surface area contributed by atoms with Gasteiger partial charge in [0.05, 0.1) is 12.5 Å². The highest BCUT2D eigenvalue weighted by atomic mass is 79.9. The minimum atomic E-state index is -4.05. The summed E-state index contributed by atoms with van der Waals surface area (Å²) >= 11 is 9.24. The van der Waals surface area contributed by atoms with Gasteiger partial charge >= 0.3 is 9.24 Å². The van der Waals surface area contributed by atoms with Gasteiger partial charge in [0.1, 0.15) is 0 Å². The molecule has 1 heterocycles. The van der Waals surface area contributed by atoms with Gasteiger partial charge in [0.2, 0.25) is 5.91 Å². The van der Waals surface area contributed by atoms with Crippen LogP contribution in [0.2, 0.25) is 5.02 Å². The molecule has 0 bridgehead atoms. The third-order valence-electron chi connectivity index (χ3n) is 2.45. The van der Waals surface area contributed by atoms with Gasteiger partial charge < -0.3 is 0 Å². The quantitative estimate of drug-likeness (QED) is 0.603. The van der Waals surface area contributed by atoms with Gasteiger partial charge in [-0.15, -0.1) is 0 Å². The molecule has 0 aromatic heterocycles. The molecule has 4 nitrogen and oxygen atoms in total. The summed E-state index contributed by atoms with van der Waals surface area (Å²) in [6, 6.07) is 4.42. The fraction of sp³-hybridized carbons (Fsp3) is 0.222. The number of carbonyl (C=O) groups is 1. The second kappa shape index (κ2) is 4.42. The van der Waals surface area contributed by atoms with E-state index in [4.69, 9.17) is 22.3 Å². The van der Waals surface area contributed by atoms with Gasteiger partial charge in [0, 0.05) is 20.2 Å². The van der Waals surface area contributed by atoms with Crippen molar-refractivity contribution in [2.24, 2.45) is 0 Å². The summed E-state index contributed by atoms with van der Waals surface area (Å²) < 4.78 is 23.8. The SMILES string of the molecule is O=C1CC(c2ccc(Br)cc2Cl)N1S(=O)(=O)Cl. The lowest BCUT2D eigenvalue weighted by molar-refractivity contribution is -0.137. The molecule has 1 saturated heterocycles. The van der Waals surface area contributed by atoms with E-state index in [0.29, 0.717) is 14.9 Å². The zero-order valence-corrected chi connectivity index (χ0v) is 12.1. The molecule has 1 fully saturated rings. The molecule has 1 aromatic carbocycles. The Bertz CT molecular complexity index is 590. The first-order valence-corrected chi connectivity index (χ1v) is 7.96. The monoisotopic (exact) mass is 357 g/mol. The molecule has 17 heavy (non-hydrogen) atoms. The third-order valence-corrected chi connectivity index (χ3v) is 4.65. The highest BCUT2D eigenvalue weighted by Crippen LogP contribution is 2.41. The average Bonchev–Trinajstić information content (AvgIpc) is 2.12. The Kier molecular flexibility index (Phi) is 3.42. The third kappa shape index (κ3) is 2.45. The smallest absolute Gasteiger partial charge is 0.274 e. The zero-order valence-electron chi connectivity index (χ0n) is 8.23. The molecule has 1 unspecified atom stereocenters. The molecule has 1 aliphatic rings. The average molecular weight is 359 g/mol. The van der Waals surface area contributed by atoms with E-state index in [2.05, 4.69) is 15.9 Å². The van der Waals surface area contributed by atoms with E-state index in [0.717, 1.165) is 4.47 Å². The largest absolute Gasteiger partial charge is 0.324 e. The van der Waals surface area contributed by atoms with E-state index in [1.54, 1.807) is 18.2 Å². The van der Waals surface area contributed by atoms with Crippen LogP contribution in [0.5, 0.6) is 0 Å². The van der Waals surface area contributed by atoms with Gasteiger partial charge in [0.25, 0.3) is 0 Å². The van der Waals surface area contributed by atoms with Crippen LogP contribution in [-0.4, -0.2) is 18.6 Å². The summed E-state index contributed by atoms with van der Waals surface area (Å²) in [6.45, 7) is 0. The summed E-state index contributed by atoms with van der Waals surface area (Å²) in [7, 11) is 1.13. The number of rotatable bonds is 2. The van der Waals surface area contributed by atoms with Crippen LogP contribution in [0, 0.1) is 0 Å². The van der Waals surface area contributed by atoms with Crippen LogP contribution in [0.3, 0.4) is 0 Å². The highest BCUT2D eigenvalue weighted by Gasteiger charge is 2.45. The van der Waals surface area contributed by atoms with Crippen LogP contribution in [0.25, 0.3) is 0 Å². The lowest BCUT2D eigenvalue weighted by Gasteiger charge is -2.37. The molecule has 8 heteroatoms. The fourth-order valence-corrected chi connectivity index (χ4v) is 3.81. The Morgan fingerprint density at radius 1 is 1.41 bits per heavy atom. The molecular weight excluding hydrogens is 353 g/mol. The van der Waals surface area contributed by atoms with Crippen molar-refractivity contribution in [3.63, 3.8) is 0 Å². The summed E-state index contributed by atoms with van der Waals surface area (Å²) in [6.07, 6.45) is 0.0906. The number of nitrogens with zero attached hydrogens (tertiary/aromatic N) is 1. The standard InChI is InChI=1S/C9H6BrCl2NO3S/c10-5-1-2-6(7(11)3-5)8-4-9(14)13(8)17(12,15)16/h1-3,8H,4H2. The maximum atomic E-state index is 11.2. The summed E-state index contributed by atoms with van der Waals surface area (Å²) in [4.78, 5) is 11.2. The minimum absolute atomic E-state index is 0.0906. The van der Waals surface area contributed by atoms with Crippen LogP contribution in [0.1, 0.15) is 18.0 Å². The Morgan fingerprint density at radius 3 is 2.53 bits per heavy atom.